The molecule has 0 atom stereocenters. The number of hydrogen-bond acceptors (Lipinski definition) is 2. The van der Waals surface area contributed by atoms with Crippen molar-refractivity contribution in [1.29, 1.82) is 0 Å². The van der Waals surface area contributed by atoms with E-state index in [0.717, 1.165) is 0 Å². The van der Waals surface area contributed by atoms with Gasteiger partial charge in [0.15, 0.2) is 0 Å². The minimum atomic E-state index is 1.24. The standard InChI is InChI=1S/C36H24.H4N2/c1-5-15-25(16-6-1)31-32(26-17-7-2-8-18-26)34(28-21-11-4-12-22-28)36-30-24-14-13-23-29(30)35(36)33(31)27-19-9-3-10-20-27;1-2/h1-24H;1-2H2. The van der Waals surface area contributed by atoms with Crippen LogP contribution in [0.15, 0.2) is 146 Å². The van der Waals surface area contributed by atoms with E-state index in [1.54, 1.807) is 0 Å². The highest BCUT2D eigenvalue weighted by molar-refractivity contribution is 6.02. The fourth-order valence-electron chi connectivity index (χ4n) is 5.72. The second kappa shape index (κ2) is 10.3. The van der Waals surface area contributed by atoms with Crippen LogP contribution >= 0.6 is 0 Å². The molecule has 0 aliphatic heterocycles. The van der Waals surface area contributed by atoms with Crippen LogP contribution in [-0.2, 0) is 0 Å². The lowest BCUT2D eigenvalue weighted by molar-refractivity contribution is 1.26. The second-order valence-corrected chi connectivity index (χ2v) is 9.26. The van der Waals surface area contributed by atoms with Gasteiger partial charge in [0.05, 0.1) is 0 Å². The molecule has 0 bridgehead atoms. The minimum absolute atomic E-state index is 1.24. The molecule has 0 saturated heterocycles. The lowest BCUT2D eigenvalue weighted by Gasteiger charge is -2.25. The quantitative estimate of drug-likeness (QED) is 0.194. The Kier molecular flexibility index (Phi) is 6.41. The molecule has 6 aromatic rings. The molecule has 4 N–H and O–H groups in total. The first kappa shape index (κ1) is 23.6. The van der Waals surface area contributed by atoms with Crippen molar-refractivity contribution >= 4 is 0 Å². The van der Waals surface area contributed by atoms with Gasteiger partial charge in [0.2, 0.25) is 0 Å². The van der Waals surface area contributed by atoms with Crippen molar-refractivity contribution < 1.29 is 0 Å². The van der Waals surface area contributed by atoms with E-state index in [1.165, 1.54) is 65.4 Å². The van der Waals surface area contributed by atoms with Gasteiger partial charge >= 0.3 is 0 Å². The molecular formula is C36H28N2. The van der Waals surface area contributed by atoms with Crippen LogP contribution in [0.25, 0.3) is 44.5 Å². The third kappa shape index (κ3) is 3.84. The van der Waals surface area contributed by atoms with Crippen LogP contribution in [0.5, 0.6) is 0 Å². The van der Waals surface area contributed by atoms with Crippen molar-refractivity contribution in [2.75, 3.05) is 0 Å². The van der Waals surface area contributed by atoms with Gasteiger partial charge in [-0.05, 0) is 65.4 Å². The molecule has 0 radical (unpaired) electrons. The molecule has 182 valence electrons. The van der Waals surface area contributed by atoms with E-state index in [0.29, 0.717) is 0 Å². The summed E-state index contributed by atoms with van der Waals surface area (Å²) in [5.41, 5.74) is 10.2. The minimum Gasteiger partial charge on any atom is -0.274 e. The van der Waals surface area contributed by atoms with E-state index in [2.05, 4.69) is 157 Å². The predicted octanol–water partition coefficient (Wildman–Crippen LogP) is 8.06. The number of benzene rings is 6. The molecule has 38 heavy (non-hydrogen) atoms. The Morgan fingerprint density at radius 2 is 0.500 bits per heavy atom. The van der Waals surface area contributed by atoms with Crippen molar-refractivity contribution in [3.8, 4) is 44.5 Å². The van der Waals surface area contributed by atoms with Crippen LogP contribution in [0.1, 0.15) is 0 Å². The first-order chi connectivity index (χ1) is 18.9. The SMILES string of the molecule is NN.c1ccc(-c2c(-c3ccccc3)c(-c3ccccc3)c3c(c2-c2ccccc2)=c2ccccc2=3)cc1. The zero-order valence-corrected chi connectivity index (χ0v) is 21.0. The topological polar surface area (TPSA) is 52.0 Å². The van der Waals surface area contributed by atoms with Gasteiger partial charge in [-0.3, -0.25) is 11.7 Å². The number of hydrogen-bond donors (Lipinski definition) is 2. The van der Waals surface area contributed by atoms with Gasteiger partial charge in [0.1, 0.15) is 0 Å². The molecule has 0 unspecified atom stereocenters. The number of hydrazine groups is 1. The van der Waals surface area contributed by atoms with Crippen LogP contribution in [0.3, 0.4) is 0 Å². The summed E-state index contributed by atoms with van der Waals surface area (Å²) < 4.78 is 0. The molecule has 0 heterocycles. The molecule has 1 aliphatic carbocycles. The second-order valence-electron chi connectivity index (χ2n) is 9.26. The largest absolute Gasteiger partial charge is 0.274 e. The van der Waals surface area contributed by atoms with Crippen LogP contribution in [0, 0.1) is 20.9 Å². The highest BCUT2D eigenvalue weighted by Crippen LogP contribution is 2.48. The summed E-state index contributed by atoms with van der Waals surface area (Å²) in [6.07, 6.45) is 0. The predicted molar refractivity (Wildman–Crippen MR) is 158 cm³/mol. The maximum absolute atomic E-state index is 4.00. The molecule has 0 saturated carbocycles. The van der Waals surface area contributed by atoms with Gasteiger partial charge in [-0.2, -0.15) is 0 Å². The lowest BCUT2D eigenvalue weighted by Crippen LogP contribution is -2.04. The normalized spacial score (nSPS) is 10.9. The summed E-state index contributed by atoms with van der Waals surface area (Å²) in [6, 6.07) is 52.4. The van der Waals surface area contributed by atoms with Gasteiger partial charge in [0, 0.05) is 0 Å². The third-order valence-electron chi connectivity index (χ3n) is 7.22. The van der Waals surface area contributed by atoms with E-state index in [9.17, 15) is 0 Å². The molecule has 7 rings (SSSR count). The summed E-state index contributed by atoms with van der Waals surface area (Å²) in [5, 5.41) is 5.38. The Morgan fingerprint density at radius 1 is 0.263 bits per heavy atom. The van der Waals surface area contributed by atoms with Crippen LogP contribution in [0.2, 0.25) is 0 Å². The van der Waals surface area contributed by atoms with Crippen molar-refractivity contribution in [2.24, 2.45) is 11.7 Å². The number of nitrogens with two attached hydrogens (primary N) is 2. The summed E-state index contributed by atoms with van der Waals surface area (Å²) >= 11 is 0. The van der Waals surface area contributed by atoms with E-state index in [1.807, 2.05) is 0 Å². The molecule has 2 heteroatoms. The van der Waals surface area contributed by atoms with Gasteiger partial charge in [-0.1, -0.05) is 146 Å². The Labute approximate surface area is 222 Å². The van der Waals surface area contributed by atoms with Gasteiger partial charge in [-0.25, -0.2) is 0 Å². The molecule has 2 nitrogen and oxygen atoms in total. The summed E-state index contributed by atoms with van der Waals surface area (Å²) in [4.78, 5) is 0. The van der Waals surface area contributed by atoms with Gasteiger partial charge in [0.25, 0.3) is 0 Å². The highest BCUT2D eigenvalue weighted by atomic mass is 15.0. The summed E-state index contributed by atoms with van der Waals surface area (Å²) in [5.74, 6) is 8.00. The monoisotopic (exact) mass is 488 g/mol. The zero-order chi connectivity index (χ0) is 25.9. The van der Waals surface area contributed by atoms with E-state index in [-0.39, 0.29) is 0 Å². The first-order valence-electron chi connectivity index (χ1n) is 12.8. The van der Waals surface area contributed by atoms with Crippen LogP contribution in [0.4, 0.5) is 0 Å². The maximum atomic E-state index is 4.00. The third-order valence-corrected chi connectivity index (χ3v) is 7.22. The van der Waals surface area contributed by atoms with E-state index < -0.39 is 0 Å². The van der Waals surface area contributed by atoms with Gasteiger partial charge < -0.3 is 0 Å². The van der Waals surface area contributed by atoms with Crippen molar-refractivity contribution in [3.63, 3.8) is 0 Å². The number of rotatable bonds is 4. The summed E-state index contributed by atoms with van der Waals surface area (Å²) in [6.45, 7) is 0. The van der Waals surface area contributed by atoms with Gasteiger partial charge in [-0.15, -0.1) is 0 Å². The zero-order valence-electron chi connectivity index (χ0n) is 21.0. The van der Waals surface area contributed by atoms with Crippen LogP contribution < -0.4 is 11.7 Å². The molecular weight excluding hydrogens is 460 g/mol. The average molecular weight is 489 g/mol. The van der Waals surface area contributed by atoms with E-state index >= 15 is 0 Å². The van der Waals surface area contributed by atoms with E-state index in [4.69, 9.17) is 0 Å². The fraction of sp³-hybridized carbons (Fsp3) is 0. The Hall–Kier alpha value is -4.76. The molecule has 6 aromatic carbocycles. The first-order valence-corrected chi connectivity index (χ1v) is 12.8. The Balaban J connectivity index is 0.00000129. The highest BCUT2D eigenvalue weighted by Gasteiger charge is 2.25. The lowest BCUT2D eigenvalue weighted by atomic mass is 9.77. The van der Waals surface area contributed by atoms with Crippen molar-refractivity contribution in [2.45, 2.75) is 0 Å². The van der Waals surface area contributed by atoms with Crippen LogP contribution in [-0.4, -0.2) is 0 Å². The number of fused-ring (bicyclic) bond motifs is 2. The smallest absolute Gasteiger partial charge is 0.000741 e. The molecule has 1 aliphatic rings. The summed E-state index contributed by atoms with van der Waals surface area (Å²) in [7, 11) is 0. The molecule has 0 fully saturated rings. The fourth-order valence-corrected chi connectivity index (χ4v) is 5.72. The maximum Gasteiger partial charge on any atom is -0.000741 e. The molecule has 0 amide bonds. The molecule has 0 spiro atoms. The average Bonchev–Trinajstić information content (AvgIpc) is 3.01. The van der Waals surface area contributed by atoms with Crippen molar-refractivity contribution in [3.05, 3.63) is 166 Å². The Bertz CT molecular complexity index is 1760. The molecule has 0 aromatic heterocycles. The Morgan fingerprint density at radius 3 is 0.789 bits per heavy atom. The van der Waals surface area contributed by atoms with Crippen molar-refractivity contribution in [1.82, 2.24) is 0 Å².